The van der Waals surface area contributed by atoms with E-state index in [2.05, 4.69) is 5.10 Å². The van der Waals surface area contributed by atoms with Crippen LogP contribution in [0.15, 0.2) is 35.4 Å². The average Bonchev–Trinajstić information content (AvgIpc) is 2.73. The topological polar surface area (TPSA) is 70.0 Å². The van der Waals surface area contributed by atoms with Crippen molar-refractivity contribution in [2.24, 2.45) is 11.0 Å². The zero-order chi connectivity index (χ0) is 13.0. The van der Waals surface area contributed by atoms with E-state index in [4.69, 9.17) is 5.11 Å². The molecule has 1 aliphatic rings. The summed E-state index contributed by atoms with van der Waals surface area (Å²) in [6.45, 7) is 0.452. The number of aryl methyl sites for hydroxylation is 1. The van der Waals surface area contributed by atoms with Gasteiger partial charge in [-0.1, -0.05) is 30.3 Å². The summed E-state index contributed by atoms with van der Waals surface area (Å²) < 4.78 is 0. The van der Waals surface area contributed by atoms with Crippen LogP contribution in [-0.4, -0.2) is 34.8 Å². The predicted molar refractivity (Wildman–Crippen MR) is 66.1 cm³/mol. The third kappa shape index (κ3) is 2.74. The zero-order valence-corrected chi connectivity index (χ0v) is 9.82. The van der Waals surface area contributed by atoms with E-state index >= 15 is 0 Å². The summed E-state index contributed by atoms with van der Waals surface area (Å²) in [5.74, 6) is -2.70. The van der Waals surface area contributed by atoms with Crippen LogP contribution in [0.4, 0.5) is 0 Å². The molecule has 1 N–H and O–H groups in total. The Labute approximate surface area is 105 Å². The van der Waals surface area contributed by atoms with E-state index in [-0.39, 0.29) is 0 Å². The van der Waals surface area contributed by atoms with Gasteiger partial charge in [0.25, 0.3) is 5.91 Å². The number of carboxylic acid groups (broad SMARTS) is 1. The maximum atomic E-state index is 11.6. The molecule has 0 fully saturated rings. The van der Waals surface area contributed by atoms with Crippen LogP contribution >= 0.6 is 0 Å². The van der Waals surface area contributed by atoms with E-state index in [9.17, 15) is 9.59 Å². The lowest BCUT2D eigenvalue weighted by Gasteiger charge is -2.12. The van der Waals surface area contributed by atoms with Crippen LogP contribution in [0, 0.1) is 5.92 Å². The van der Waals surface area contributed by atoms with Crippen LogP contribution in [0.5, 0.6) is 0 Å². The Bertz CT molecular complexity index is 470. The number of hydrogen-bond donors (Lipinski definition) is 1. The van der Waals surface area contributed by atoms with Crippen molar-refractivity contribution in [2.75, 3.05) is 6.54 Å². The fourth-order valence-corrected chi connectivity index (χ4v) is 1.84. The van der Waals surface area contributed by atoms with E-state index in [0.717, 1.165) is 12.8 Å². The number of amides is 1. The van der Waals surface area contributed by atoms with Crippen LogP contribution < -0.4 is 0 Å². The molecular weight excluding hydrogens is 232 g/mol. The fourth-order valence-electron chi connectivity index (χ4n) is 1.84. The van der Waals surface area contributed by atoms with Crippen molar-refractivity contribution in [1.82, 2.24) is 5.01 Å². The molecule has 1 atom stereocenters. The minimum atomic E-state index is -1.14. The number of benzene rings is 1. The summed E-state index contributed by atoms with van der Waals surface area (Å²) in [6.07, 6.45) is 2.80. The zero-order valence-electron chi connectivity index (χ0n) is 9.82. The van der Waals surface area contributed by atoms with Gasteiger partial charge >= 0.3 is 5.97 Å². The summed E-state index contributed by atoms with van der Waals surface area (Å²) >= 11 is 0. The first-order chi connectivity index (χ1) is 8.68. The molecule has 1 heterocycles. The number of carbonyl (C=O) groups is 2. The number of carbonyl (C=O) groups excluding carboxylic acids is 1. The summed E-state index contributed by atoms with van der Waals surface area (Å²) in [5.41, 5.74) is 1.20. The number of aliphatic carboxylic acids is 1. The quantitative estimate of drug-likeness (QED) is 0.792. The van der Waals surface area contributed by atoms with Gasteiger partial charge in [0.05, 0.1) is 0 Å². The Kier molecular flexibility index (Phi) is 3.72. The fraction of sp³-hybridized carbons (Fsp3) is 0.308. The molecule has 0 saturated heterocycles. The van der Waals surface area contributed by atoms with Crippen LogP contribution in [0.25, 0.3) is 0 Å². The number of nitrogens with zero attached hydrogens (tertiary/aromatic N) is 2. The van der Waals surface area contributed by atoms with Crippen molar-refractivity contribution in [3.63, 3.8) is 0 Å². The minimum Gasteiger partial charge on any atom is -0.480 e. The molecule has 1 amide bonds. The minimum absolute atomic E-state index is 0.449. The first-order valence-electron chi connectivity index (χ1n) is 5.80. The monoisotopic (exact) mass is 246 g/mol. The Morgan fingerprint density at radius 1 is 1.33 bits per heavy atom. The van der Waals surface area contributed by atoms with Crippen molar-refractivity contribution in [3.05, 3.63) is 35.9 Å². The normalized spacial score (nSPS) is 18.3. The van der Waals surface area contributed by atoms with Gasteiger partial charge in [0.1, 0.15) is 0 Å². The van der Waals surface area contributed by atoms with Gasteiger partial charge in [0.15, 0.2) is 5.92 Å². The van der Waals surface area contributed by atoms with Gasteiger partial charge in [-0.15, -0.1) is 0 Å². The number of rotatable bonds is 5. The maximum Gasteiger partial charge on any atom is 0.321 e. The van der Waals surface area contributed by atoms with Crippen LogP contribution in [-0.2, 0) is 16.0 Å². The smallest absolute Gasteiger partial charge is 0.321 e. The molecule has 1 aliphatic heterocycles. The molecule has 2 rings (SSSR count). The largest absolute Gasteiger partial charge is 0.480 e. The second kappa shape index (κ2) is 5.44. The molecule has 5 nitrogen and oxygen atoms in total. The third-order valence-corrected chi connectivity index (χ3v) is 2.82. The summed E-state index contributed by atoms with van der Waals surface area (Å²) in [6, 6.07) is 9.93. The third-order valence-electron chi connectivity index (χ3n) is 2.82. The lowest BCUT2D eigenvalue weighted by atomic mass is 10.1. The van der Waals surface area contributed by atoms with Crippen LogP contribution in [0.1, 0.15) is 12.0 Å². The molecule has 0 aliphatic carbocycles. The average molecular weight is 246 g/mol. The molecule has 0 saturated carbocycles. The predicted octanol–water partition coefficient (Wildman–Crippen LogP) is 1.15. The molecule has 0 bridgehead atoms. The molecule has 1 aromatic rings. The lowest BCUT2D eigenvalue weighted by Crippen LogP contribution is -2.31. The van der Waals surface area contributed by atoms with Gasteiger partial charge in [0.2, 0.25) is 0 Å². The number of hydrogen-bond acceptors (Lipinski definition) is 3. The summed E-state index contributed by atoms with van der Waals surface area (Å²) in [4.78, 5) is 22.3. The van der Waals surface area contributed by atoms with Gasteiger partial charge in [-0.2, -0.15) is 5.10 Å². The highest BCUT2D eigenvalue weighted by molar-refractivity contribution is 6.12. The van der Waals surface area contributed by atoms with E-state index in [1.54, 1.807) is 0 Å². The number of carboxylic acids is 1. The van der Waals surface area contributed by atoms with Crippen LogP contribution in [0.2, 0.25) is 0 Å². The summed E-state index contributed by atoms with van der Waals surface area (Å²) in [5, 5.41) is 13.8. The molecule has 0 spiro atoms. The molecule has 94 valence electrons. The lowest BCUT2D eigenvalue weighted by molar-refractivity contribution is -0.146. The Morgan fingerprint density at radius 3 is 2.67 bits per heavy atom. The van der Waals surface area contributed by atoms with Crippen LogP contribution in [0.3, 0.4) is 0 Å². The highest BCUT2D eigenvalue weighted by Gasteiger charge is 2.33. The van der Waals surface area contributed by atoms with Gasteiger partial charge in [-0.3, -0.25) is 9.59 Å². The van der Waals surface area contributed by atoms with Gasteiger partial charge in [0, 0.05) is 12.8 Å². The SMILES string of the molecule is O=C(O)C1C=NN(CCCc2ccccc2)C1=O. The van der Waals surface area contributed by atoms with Crippen molar-refractivity contribution in [2.45, 2.75) is 12.8 Å². The van der Waals surface area contributed by atoms with Crippen molar-refractivity contribution in [1.29, 1.82) is 0 Å². The highest BCUT2D eigenvalue weighted by Crippen LogP contribution is 2.12. The first-order valence-corrected chi connectivity index (χ1v) is 5.80. The second-order valence-corrected chi connectivity index (χ2v) is 4.13. The van der Waals surface area contributed by atoms with Crippen molar-refractivity contribution < 1.29 is 14.7 Å². The molecule has 5 heteroatoms. The Balaban J connectivity index is 1.81. The first kappa shape index (κ1) is 12.3. The summed E-state index contributed by atoms with van der Waals surface area (Å²) in [7, 11) is 0. The Hall–Kier alpha value is -2.17. The molecule has 1 unspecified atom stereocenters. The van der Waals surface area contributed by atoms with Gasteiger partial charge in [-0.25, -0.2) is 5.01 Å². The van der Waals surface area contributed by atoms with E-state index in [1.807, 2.05) is 30.3 Å². The number of hydrazone groups is 1. The standard InChI is InChI=1S/C13H14N2O3/c16-12-11(13(17)18)9-14-15(12)8-4-7-10-5-2-1-3-6-10/h1-3,5-6,9,11H,4,7-8H2,(H,17,18). The van der Waals surface area contributed by atoms with E-state index in [1.165, 1.54) is 16.8 Å². The van der Waals surface area contributed by atoms with Crippen molar-refractivity contribution in [3.8, 4) is 0 Å². The van der Waals surface area contributed by atoms with E-state index < -0.39 is 17.8 Å². The molecule has 1 aromatic carbocycles. The molecule has 0 aromatic heterocycles. The highest BCUT2D eigenvalue weighted by atomic mass is 16.4. The second-order valence-electron chi connectivity index (χ2n) is 4.13. The van der Waals surface area contributed by atoms with Gasteiger partial charge in [-0.05, 0) is 18.4 Å². The van der Waals surface area contributed by atoms with Crippen molar-refractivity contribution >= 4 is 18.1 Å². The Morgan fingerprint density at radius 2 is 2.06 bits per heavy atom. The maximum absolute atomic E-state index is 11.6. The molecular formula is C13H14N2O3. The van der Waals surface area contributed by atoms with E-state index in [0.29, 0.717) is 6.54 Å². The molecule has 18 heavy (non-hydrogen) atoms. The van der Waals surface area contributed by atoms with Gasteiger partial charge < -0.3 is 5.11 Å². The molecule has 0 radical (unpaired) electrons.